The monoisotopic (exact) mass is 1100 g/mol. The standard InChI is InChI=1S/2C40H26N2O/c1-3-25-13-17-27(18-14-25)30-23-35(29-19-15-26(4-2)16-20-29)38-36(24-30)42-39(41-38)33-22-21-31(28-9-6-5-7-10-28)32-11-8-12-34(37(32)33)40(42)43;1-3-25-13-17-27(18-14-25)30-23-35(29-19-15-26(4-2)16-20-29)38-36(24-30)42-39(41-38)33-12-8-11-32-31(28-9-6-5-7-10-28)21-22-34(37(32)33)40(42)43/h2*3-24H,1-2H2. The summed E-state index contributed by atoms with van der Waals surface area (Å²) in [6, 6.07) is 83.0. The van der Waals surface area contributed by atoms with E-state index in [-0.39, 0.29) is 11.1 Å². The molecule has 0 fully saturated rings. The quantitative estimate of drug-likeness (QED) is 0.137. The normalized spacial score (nSPS) is 11.5. The molecule has 0 bridgehead atoms. The fourth-order valence-electron chi connectivity index (χ4n) is 12.6. The molecule has 16 aromatic rings. The molecule has 0 unspecified atom stereocenters. The molecule has 0 radical (unpaired) electrons. The van der Waals surface area contributed by atoms with Crippen LogP contribution < -0.4 is 11.1 Å². The first kappa shape index (κ1) is 51.3. The van der Waals surface area contributed by atoms with E-state index in [1.165, 1.54) is 0 Å². The maximum atomic E-state index is 14.4. The van der Waals surface area contributed by atoms with Gasteiger partial charge in [-0.1, -0.05) is 251 Å². The number of imidazole rings is 2. The highest BCUT2D eigenvalue weighted by Crippen LogP contribution is 2.42. The molecule has 0 saturated heterocycles. The summed E-state index contributed by atoms with van der Waals surface area (Å²) in [7, 11) is 0. The maximum Gasteiger partial charge on any atom is 0.264 e. The molecule has 0 aliphatic heterocycles. The lowest BCUT2D eigenvalue weighted by atomic mass is 9.94. The third-order valence-corrected chi connectivity index (χ3v) is 17.0. The second kappa shape index (κ2) is 20.7. The van der Waals surface area contributed by atoms with Crippen molar-refractivity contribution in [2.45, 2.75) is 0 Å². The van der Waals surface area contributed by atoms with Gasteiger partial charge in [-0.25, -0.2) is 9.97 Å². The molecule has 4 heterocycles. The van der Waals surface area contributed by atoms with Crippen LogP contribution in [0.4, 0.5) is 0 Å². The zero-order chi connectivity index (χ0) is 58.2. The van der Waals surface area contributed by atoms with Crippen LogP contribution in [0.15, 0.2) is 279 Å². The lowest BCUT2D eigenvalue weighted by Gasteiger charge is -2.12. The van der Waals surface area contributed by atoms with Crippen molar-refractivity contribution in [2.24, 2.45) is 0 Å². The van der Waals surface area contributed by atoms with Crippen molar-refractivity contribution in [1.29, 1.82) is 0 Å². The van der Waals surface area contributed by atoms with Crippen LogP contribution in [0.2, 0.25) is 0 Å². The van der Waals surface area contributed by atoms with Gasteiger partial charge in [0.15, 0.2) is 0 Å². The summed E-state index contributed by atoms with van der Waals surface area (Å²) in [6.07, 6.45) is 7.36. The van der Waals surface area contributed by atoms with E-state index < -0.39 is 0 Å². The molecule has 404 valence electrons. The number of benzene rings is 12. The summed E-state index contributed by atoms with van der Waals surface area (Å²) < 4.78 is 3.61. The van der Waals surface area contributed by atoms with Crippen molar-refractivity contribution in [3.63, 3.8) is 0 Å². The number of pyridine rings is 2. The molecular weight excluding hydrogens is 1050 g/mol. The second-order valence-electron chi connectivity index (χ2n) is 21.7. The molecule has 0 atom stereocenters. The van der Waals surface area contributed by atoms with Gasteiger partial charge in [-0.2, -0.15) is 0 Å². The summed E-state index contributed by atoms with van der Waals surface area (Å²) in [5.74, 6) is 0. The van der Waals surface area contributed by atoms with Crippen LogP contribution in [0.3, 0.4) is 0 Å². The van der Waals surface area contributed by atoms with Gasteiger partial charge < -0.3 is 0 Å². The smallest absolute Gasteiger partial charge is 0.264 e. The Labute approximate surface area is 495 Å². The average molecular weight is 1100 g/mol. The second-order valence-corrected chi connectivity index (χ2v) is 21.7. The lowest BCUT2D eigenvalue weighted by Crippen LogP contribution is -2.13. The van der Waals surface area contributed by atoms with Crippen molar-refractivity contribution in [1.82, 2.24) is 18.8 Å². The van der Waals surface area contributed by atoms with Crippen molar-refractivity contribution in [2.75, 3.05) is 0 Å². The Hall–Kier alpha value is -11.6. The van der Waals surface area contributed by atoms with E-state index in [1.54, 1.807) is 8.80 Å². The predicted octanol–water partition coefficient (Wildman–Crippen LogP) is 19.8. The number of fused-ring (bicyclic) bond motifs is 8. The van der Waals surface area contributed by atoms with Gasteiger partial charge in [0.1, 0.15) is 11.3 Å². The third-order valence-electron chi connectivity index (χ3n) is 17.0. The molecule has 0 spiro atoms. The summed E-state index contributed by atoms with van der Waals surface area (Å²) in [5, 5.41) is 7.32. The van der Waals surface area contributed by atoms with Crippen LogP contribution in [0.1, 0.15) is 22.3 Å². The van der Waals surface area contributed by atoms with Crippen LogP contribution in [-0.2, 0) is 0 Å². The van der Waals surface area contributed by atoms with Crippen LogP contribution >= 0.6 is 0 Å². The first-order chi connectivity index (χ1) is 42.3. The summed E-state index contributed by atoms with van der Waals surface area (Å²) >= 11 is 0. The van der Waals surface area contributed by atoms with Gasteiger partial charge in [-0.3, -0.25) is 18.4 Å². The molecule has 12 aromatic carbocycles. The highest BCUT2D eigenvalue weighted by atomic mass is 16.1. The molecule has 0 N–H and O–H groups in total. The molecule has 0 amide bonds. The number of hydrogen-bond donors (Lipinski definition) is 0. The molecular formula is C80H52N4O2. The molecule has 86 heavy (non-hydrogen) atoms. The largest absolute Gasteiger partial charge is 0.268 e. The number of nitrogens with zero attached hydrogens (tertiary/aromatic N) is 4. The van der Waals surface area contributed by atoms with Gasteiger partial charge in [0.25, 0.3) is 11.1 Å². The molecule has 6 heteroatoms. The highest BCUT2D eigenvalue weighted by molar-refractivity contribution is 6.21. The third kappa shape index (κ3) is 8.34. The Bertz CT molecular complexity index is 5230. The van der Waals surface area contributed by atoms with Crippen LogP contribution in [-0.4, -0.2) is 18.8 Å². The minimum absolute atomic E-state index is 0.0621. The predicted molar refractivity (Wildman–Crippen MR) is 363 cm³/mol. The summed E-state index contributed by atoms with van der Waals surface area (Å²) in [5.41, 5.74) is 21.2. The number of rotatable bonds is 10. The van der Waals surface area contributed by atoms with Crippen molar-refractivity contribution in [3.8, 4) is 66.8 Å². The van der Waals surface area contributed by atoms with Crippen LogP contribution in [0.25, 0.3) is 168 Å². The molecule has 0 aliphatic rings. The first-order valence-corrected chi connectivity index (χ1v) is 28.7. The van der Waals surface area contributed by atoms with Crippen LogP contribution in [0, 0.1) is 0 Å². The Morgan fingerprint density at radius 2 is 0.605 bits per heavy atom. The van der Waals surface area contributed by atoms with E-state index in [1.807, 2.05) is 78.9 Å². The van der Waals surface area contributed by atoms with Gasteiger partial charge in [-0.15, -0.1) is 0 Å². The highest BCUT2D eigenvalue weighted by Gasteiger charge is 2.23. The zero-order valence-electron chi connectivity index (χ0n) is 46.8. The lowest BCUT2D eigenvalue weighted by molar-refractivity contribution is 1.19. The van der Waals surface area contributed by atoms with Crippen molar-refractivity contribution < 1.29 is 0 Å². The average Bonchev–Trinajstić information content (AvgIpc) is 1.55. The van der Waals surface area contributed by atoms with Gasteiger partial charge in [-0.05, 0) is 131 Å². The van der Waals surface area contributed by atoms with E-state index in [2.05, 4.69) is 214 Å². The molecule has 16 rings (SSSR count). The van der Waals surface area contributed by atoms with Crippen molar-refractivity contribution in [3.05, 3.63) is 312 Å². The van der Waals surface area contributed by atoms with Gasteiger partial charge >= 0.3 is 0 Å². The Morgan fingerprint density at radius 1 is 0.279 bits per heavy atom. The van der Waals surface area contributed by atoms with Gasteiger partial charge in [0.2, 0.25) is 0 Å². The van der Waals surface area contributed by atoms with Crippen molar-refractivity contribution >= 4 is 101 Å². The zero-order valence-corrected chi connectivity index (χ0v) is 46.8. The SMILES string of the molecule is C=Cc1ccc(-c2cc(-c3ccc(C=C)cc3)c3nc4c5ccc(-c6ccccc6)c6cccc(c(=O)n4c3c2)c65)cc1.C=Cc1ccc(-c2cc(-c3ccc(C=C)cc3)c3nc4c5cccc6c(-c7ccccc7)ccc(c(=O)n4c3c2)c65)cc1. The fraction of sp³-hybridized carbons (Fsp3) is 0. The Morgan fingerprint density at radius 3 is 1.00 bits per heavy atom. The fourth-order valence-corrected chi connectivity index (χ4v) is 12.6. The number of hydrogen-bond acceptors (Lipinski definition) is 4. The molecule has 0 aliphatic carbocycles. The Balaban J connectivity index is 0.000000145. The Kier molecular flexibility index (Phi) is 12.3. The summed E-state index contributed by atoms with van der Waals surface area (Å²) in [4.78, 5) is 39.2. The van der Waals surface area contributed by atoms with E-state index in [4.69, 9.17) is 9.97 Å². The van der Waals surface area contributed by atoms with Gasteiger partial charge in [0.05, 0.1) is 22.1 Å². The topological polar surface area (TPSA) is 68.7 Å². The first-order valence-electron chi connectivity index (χ1n) is 28.7. The molecule has 0 saturated carbocycles. The van der Waals surface area contributed by atoms with E-state index in [9.17, 15) is 9.59 Å². The van der Waals surface area contributed by atoms with Gasteiger partial charge in [0, 0.05) is 43.4 Å². The number of aromatic nitrogens is 4. The maximum absolute atomic E-state index is 14.4. The minimum atomic E-state index is -0.0621. The molecule has 4 aromatic heterocycles. The van der Waals surface area contributed by atoms with E-state index >= 15 is 0 Å². The summed E-state index contributed by atoms with van der Waals surface area (Å²) in [6.45, 7) is 15.6. The molecule has 6 nitrogen and oxygen atoms in total. The van der Waals surface area contributed by atoms with E-state index in [0.29, 0.717) is 22.1 Å². The van der Waals surface area contributed by atoms with E-state index in [0.717, 1.165) is 143 Å². The van der Waals surface area contributed by atoms with Crippen LogP contribution in [0.5, 0.6) is 0 Å². The minimum Gasteiger partial charge on any atom is -0.268 e.